The summed E-state index contributed by atoms with van der Waals surface area (Å²) in [5.74, 6) is 1.64. The molecule has 0 bridgehead atoms. The molecule has 1 amide bonds. The maximum atomic E-state index is 12.4. The minimum Gasteiger partial charge on any atom is -0.481 e. The average molecular weight is 320 g/mol. The molecule has 0 aromatic carbocycles. The van der Waals surface area contributed by atoms with Crippen molar-refractivity contribution in [3.05, 3.63) is 11.3 Å². The van der Waals surface area contributed by atoms with E-state index in [0.717, 1.165) is 36.5 Å². The zero-order valence-electron chi connectivity index (χ0n) is 14.6. The molecule has 0 unspecified atom stereocenters. The number of rotatable bonds is 6. The van der Waals surface area contributed by atoms with E-state index in [4.69, 9.17) is 4.74 Å². The third-order valence-corrected chi connectivity index (χ3v) is 5.17. The summed E-state index contributed by atoms with van der Waals surface area (Å²) in [6, 6.07) is 0.527. The van der Waals surface area contributed by atoms with E-state index in [0.29, 0.717) is 18.5 Å². The first kappa shape index (κ1) is 16.3. The van der Waals surface area contributed by atoms with Crippen LogP contribution in [0.2, 0.25) is 0 Å². The van der Waals surface area contributed by atoms with Crippen molar-refractivity contribution in [2.45, 2.75) is 51.6 Å². The highest BCUT2D eigenvalue weighted by Gasteiger charge is 2.34. The zero-order valence-corrected chi connectivity index (χ0v) is 14.6. The maximum Gasteiger partial charge on any atom is 0.234 e. The van der Waals surface area contributed by atoms with Gasteiger partial charge in [-0.15, -0.1) is 0 Å². The number of ether oxygens (including phenoxy) is 1. The number of nitrogens with zero attached hydrogens (tertiary/aromatic N) is 3. The first-order valence-electron chi connectivity index (χ1n) is 8.62. The van der Waals surface area contributed by atoms with Crippen molar-refractivity contribution in [2.24, 2.45) is 13.0 Å². The van der Waals surface area contributed by atoms with Crippen LogP contribution < -0.4 is 10.1 Å². The molecule has 1 aliphatic carbocycles. The Balaban J connectivity index is 1.69. The SMILES string of the molecule is COc1c([C@H]2CCCN2CC(=O)N[C@@H](C)C2CC2)c(C)nn1C. The predicted octanol–water partition coefficient (Wildman–Crippen LogP) is 1.79. The quantitative estimate of drug-likeness (QED) is 0.868. The minimum atomic E-state index is 0.136. The molecule has 128 valence electrons. The monoisotopic (exact) mass is 320 g/mol. The zero-order chi connectivity index (χ0) is 16.6. The standard InChI is InChI=1S/C17H28N4O2/c1-11(13-7-8-13)18-15(22)10-21-9-5-6-14(21)16-12(2)19-20(3)17(16)23-4/h11,13-14H,5-10H2,1-4H3,(H,18,22)/t11-,14+/m0/s1. The third kappa shape index (κ3) is 3.37. The summed E-state index contributed by atoms with van der Waals surface area (Å²) in [5.41, 5.74) is 2.13. The van der Waals surface area contributed by atoms with Crippen LogP contribution in [0.25, 0.3) is 0 Å². The number of methoxy groups -OCH3 is 1. The molecule has 1 aromatic rings. The molecular weight excluding hydrogens is 292 g/mol. The highest BCUT2D eigenvalue weighted by Crippen LogP contribution is 2.38. The molecule has 0 radical (unpaired) electrons. The van der Waals surface area contributed by atoms with Crippen molar-refractivity contribution in [2.75, 3.05) is 20.2 Å². The van der Waals surface area contributed by atoms with Crippen molar-refractivity contribution < 1.29 is 9.53 Å². The number of hydrogen-bond acceptors (Lipinski definition) is 4. The molecule has 2 fully saturated rings. The van der Waals surface area contributed by atoms with Crippen LogP contribution in [0, 0.1) is 12.8 Å². The van der Waals surface area contributed by atoms with Crippen molar-refractivity contribution in [3.63, 3.8) is 0 Å². The second-order valence-electron chi connectivity index (χ2n) is 6.95. The van der Waals surface area contributed by atoms with Crippen molar-refractivity contribution >= 4 is 5.91 Å². The largest absolute Gasteiger partial charge is 0.481 e. The number of carbonyl (C=O) groups is 1. The Morgan fingerprint density at radius 2 is 2.17 bits per heavy atom. The Morgan fingerprint density at radius 3 is 2.83 bits per heavy atom. The van der Waals surface area contributed by atoms with E-state index in [1.54, 1.807) is 11.8 Å². The lowest BCUT2D eigenvalue weighted by atomic mass is 10.0. The van der Waals surface area contributed by atoms with Gasteiger partial charge in [0.1, 0.15) is 0 Å². The normalized spacial score (nSPS) is 23.0. The molecule has 1 saturated heterocycles. The van der Waals surface area contributed by atoms with E-state index in [1.807, 2.05) is 14.0 Å². The smallest absolute Gasteiger partial charge is 0.234 e. The van der Waals surface area contributed by atoms with Gasteiger partial charge in [0.25, 0.3) is 0 Å². The van der Waals surface area contributed by atoms with Gasteiger partial charge in [-0.1, -0.05) is 0 Å². The van der Waals surface area contributed by atoms with Gasteiger partial charge in [-0.2, -0.15) is 5.10 Å². The number of aryl methyl sites for hydroxylation is 2. The van der Waals surface area contributed by atoms with Gasteiger partial charge in [0.2, 0.25) is 11.8 Å². The molecular formula is C17H28N4O2. The Labute approximate surface area is 138 Å². The molecule has 2 aliphatic rings. The van der Waals surface area contributed by atoms with Crippen LogP contribution in [0.1, 0.15) is 49.9 Å². The Bertz CT molecular complexity index is 579. The molecule has 1 N–H and O–H groups in total. The van der Waals surface area contributed by atoms with Crippen LogP contribution in [0.3, 0.4) is 0 Å². The van der Waals surface area contributed by atoms with Gasteiger partial charge in [-0.25, -0.2) is 4.68 Å². The molecule has 2 atom stereocenters. The minimum absolute atomic E-state index is 0.136. The van der Waals surface area contributed by atoms with Gasteiger partial charge in [0, 0.05) is 19.1 Å². The highest BCUT2D eigenvalue weighted by molar-refractivity contribution is 5.78. The van der Waals surface area contributed by atoms with Crippen LogP contribution in [0.5, 0.6) is 5.88 Å². The third-order valence-electron chi connectivity index (χ3n) is 5.17. The van der Waals surface area contributed by atoms with Crippen molar-refractivity contribution in [1.29, 1.82) is 0 Å². The summed E-state index contributed by atoms with van der Waals surface area (Å²) in [4.78, 5) is 14.6. The van der Waals surface area contributed by atoms with E-state index in [9.17, 15) is 4.79 Å². The van der Waals surface area contributed by atoms with E-state index in [-0.39, 0.29) is 11.9 Å². The molecule has 1 saturated carbocycles. The first-order chi connectivity index (χ1) is 11.0. The second-order valence-corrected chi connectivity index (χ2v) is 6.95. The lowest BCUT2D eigenvalue weighted by molar-refractivity contribution is -0.123. The fourth-order valence-electron chi connectivity index (χ4n) is 3.82. The summed E-state index contributed by atoms with van der Waals surface area (Å²) < 4.78 is 7.33. The van der Waals surface area contributed by atoms with Crippen LogP contribution in [0.4, 0.5) is 0 Å². The van der Waals surface area contributed by atoms with Gasteiger partial charge in [-0.3, -0.25) is 9.69 Å². The van der Waals surface area contributed by atoms with Crippen molar-refractivity contribution in [3.8, 4) is 5.88 Å². The first-order valence-corrected chi connectivity index (χ1v) is 8.62. The van der Waals surface area contributed by atoms with Gasteiger partial charge >= 0.3 is 0 Å². The second kappa shape index (κ2) is 6.51. The highest BCUT2D eigenvalue weighted by atomic mass is 16.5. The summed E-state index contributed by atoms with van der Waals surface area (Å²) in [7, 11) is 3.59. The van der Waals surface area contributed by atoms with Crippen LogP contribution in [0.15, 0.2) is 0 Å². The van der Waals surface area contributed by atoms with E-state index in [1.165, 1.54) is 12.8 Å². The Hall–Kier alpha value is -1.56. The number of likely N-dealkylation sites (tertiary alicyclic amines) is 1. The average Bonchev–Trinajstić information content (AvgIpc) is 3.19. The van der Waals surface area contributed by atoms with Crippen LogP contribution in [-0.2, 0) is 11.8 Å². The van der Waals surface area contributed by atoms with Gasteiger partial charge in [-0.05, 0) is 52.0 Å². The lowest BCUT2D eigenvalue weighted by Gasteiger charge is -2.25. The molecule has 6 heteroatoms. The summed E-state index contributed by atoms with van der Waals surface area (Å²) in [6.07, 6.45) is 4.65. The van der Waals surface area contributed by atoms with E-state index >= 15 is 0 Å². The fraction of sp³-hybridized carbons (Fsp3) is 0.765. The molecule has 1 aromatic heterocycles. The molecule has 1 aliphatic heterocycles. The summed E-state index contributed by atoms with van der Waals surface area (Å²) >= 11 is 0. The number of hydrogen-bond donors (Lipinski definition) is 1. The van der Waals surface area contributed by atoms with E-state index in [2.05, 4.69) is 22.2 Å². The number of amides is 1. The van der Waals surface area contributed by atoms with Crippen LogP contribution in [-0.4, -0.2) is 46.8 Å². The van der Waals surface area contributed by atoms with Crippen LogP contribution >= 0.6 is 0 Å². The summed E-state index contributed by atoms with van der Waals surface area (Å²) in [6.45, 7) is 5.54. The Kier molecular flexibility index (Phi) is 4.62. The topological polar surface area (TPSA) is 59.4 Å². The molecule has 6 nitrogen and oxygen atoms in total. The number of nitrogens with one attached hydrogen (secondary N) is 1. The molecule has 2 heterocycles. The summed E-state index contributed by atoms with van der Waals surface area (Å²) in [5, 5.41) is 7.64. The van der Waals surface area contributed by atoms with Gasteiger partial charge in [0.15, 0.2) is 0 Å². The lowest BCUT2D eigenvalue weighted by Crippen LogP contribution is -2.41. The number of aromatic nitrogens is 2. The van der Waals surface area contributed by atoms with Gasteiger partial charge < -0.3 is 10.1 Å². The number of carbonyl (C=O) groups excluding carboxylic acids is 1. The molecule has 3 rings (SSSR count). The van der Waals surface area contributed by atoms with E-state index < -0.39 is 0 Å². The predicted molar refractivity (Wildman–Crippen MR) is 88.4 cm³/mol. The molecule has 23 heavy (non-hydrogen) atoms. The van der Waals surface area contributed by atoms with Crippen molar-refractivity contribution in [1.82, 2.24) is 20.0 Å². The maximum absolute atomic E-state index is 12.4. The molecule has 0 spiro atoms. The fourth-order valence-corrected chi connectivity index (χ4v) is 3.82. The van der Waals surface area contributed by atoms with Gasteiger partial charge in [0.05, 0.1) is 24.9 Å². The Morgan fingerprint density at radius 1 is 1.43 bits per heavy atom.